The van der Waals surface area contributed by atoms with E-state index in [-0.39, 0.29) is 10.5 Å². The third kappa shape index (κ3) is 3.32. The van der Waals surface area contributed by atoms with Crippen LogP contribution in [0, 0.1) is 13.8 Å². The number of aryl methyl sites for hydroxylation is 2. The predicted molar refractivity (Wildman–Crippen MR) is 89.4 cm³/mol. The molecule has 9 heteroatoms. The predicted octanol–water partition coefficient (Wildman–Crippen LogP) is 1.32. The standard InChI is InChI=1S/C16H19N3O5S/c1-10-15(11(2)19(3)17-10)25(21,22)18-16(20)12-5-6-13-14(9-12)24-8-4-7-23-13/h5-6,9H,4,7-8H2,1-3H3,(H,18,20). The molecule has 2 heterocycles. The maximum absolute atomic E-state index is 12.6. The van der Waals surface area contributed by atoms with Gasteiger partial charge in [-0.25, -0.2) is 13.1 Å². The van der Waals surface area contributed by atoms with E-state index in [4.69, 9.17) is 9.47 Å². The molecule has 0 aliphatic carbocycles. The van der Waals surface area contributed by atoms with Crippen LogP contribution in [-0.2, 0) is 17.1 Å². The second kappa shape index (κ2) is 6.40. The van der Waals surface area contributed by atoms with E-state index in [1.54, 1.807) is 27.0 Å². The summed E-state index contributed by atoms with van der Waals surface area (Å²) in [6.07, 6.45) is 0.740. The van der Waals surface area contributed by atoms with Crippen molar-refractivity contribution in [3.05, 3.63) is 35.2 Å². The monoisotopic (exact) mass is 365 g/mol. The number of nitrogens with one attached hydrogen (secondary N) is 1. The zero-order valence-corrected chi connectivity index (χ0v) is 15.0. The van der Waals surface area contributed by atoms with E-state index in [1.807, 2.05) is 0 Å². The van der Waals surface area contributed by atoms with E-state index in [1.165, 1.54) is 16.8 Å². The van der Waals surface area contributed by atoms with Gasteiger partial charge in [0.15, 0.2) is 11.5 Å². The number of benzene rings is 1. The van der Waals surface area contributed by atoms with E-state index in [2.05, 4.69) is 9.82 Å². The van der Waals surface area contributed by atoms with Crippen LogP contribution >= 0.6 is 0 Å². The Morgan fingerprint density at radius 3 is 2.52 bits per heavy atom. The van der Waals surface area contributed by atoms with Gasteiger partial charge in [-0.2, -0.15) is 5.10 Å². The van der Waals surface area contributed by atoms with Gasteiger partial charge in [-0.1, -0.05) is 0 Å². The molecule has 1 aromatic heterocycles. The second-order valence-electron chi connectivity index (χ2n) is 5.77. The van der Waals surface area contributed by atoms with Crippen molar-refractivity contribution in [2.24, 2.45) is 7.05 Å². The minimum Gasteiger partial charge on any atom is -0.490 e. The molecular weight excluding hydrogens is 346 g/mol. The molecule has 1 amide bonds. The number of rotatable bonds is 3. The van der Waals surface area contributed by atoms with Gasteiger partial charge in [0.25, 0.3) is 15.9 Å². The van der Waals surface area contributed by atoms with E-state index >= 15 is 0 Å². The maximum atomic E-state index is 12.6. The minimum absolute atomic E-state index is 0.0118. The third-order valence-corrected chi connectivity index (χ3v) is 5.53. The average Bonchev–Trinajstić information content (AvgIpc) is 2.72. The molecule has 0 atom stereocenters. The van der Waals surface area contributed by atoms with Crippen molar-refractivity contribution in [2.75, 3.05) is 13.2 Å². The molecule has 0 spiro atoms. The third-order valence-electron chi connectivity index (χ3n) is 3.95. The van der Waals surface area contributed by atoms with Crippen molar-refractivity contribution in [2.45, 2.75) is 25.2 Å². The van der Waals surface area contributed by atoms with Crippen molar-refractivity contribution < 1.29 is 22.7 Å². The number of hydrogen-bond acceptors (Lipinski definition) is 6. The van der Waals surface area contributed by atoms with Gasteiger partial charge in [0.2, 0.25) is 0 Å². The molecule has 1 N–H and O–H groups in total. The number of carbonyl (C=O) groups excluding carboxylic acids is 1. The first-order valence-electron chi connectivity index (χ1n) is 7.76. The molecule has 1 aliphatic heterocycles. The van der Waals surface area contributed by atoms with Crippen LogP contribution in [0.25, 0.3) is 0 Å². The summed E-state index contributed by atoms with van der Waals surface area (Å²) >= 11 is 0. The fourth-order valence-electron chi connectivity index (χ4n) is 2.68. The summed E-state index contributed by atoms with van der Waals surface area (Å²) in [4.78, 5) is 12.4. The Morgan fingerprint density at radius 2 is 1.88 bits per heavy atom. The maximum Gasteiger partial charge on any atom is 0.267 e. The Balaban J connectivity index is 1.88. The van der Waals surface area contributed by atoms with Crippen LogP contribution in [0.3, 0.4) is 0 Å². The lowest BCUT2D eigenvalue weighted by Gasteiger charge is -2.10. The van der Waals surface area contributed by atoms with Crippen LogP contribution in [0.15, 0.2) is 23.1 Å². The van der Waals surface area contributed by atoms with Crippen molar-refractivity contribution >= 4 is 15.9 Å². The van der Waals surface area contributed by atoms with Gasteiger partial charge in [-0.3, -0.25) is 9.48 Å². The van der Waals surface area contributed by atoms with Crippen LogP contribution in [0.2, 0.25) is 0 Å². The first kappa shape index (κ1) is 17.3. The largest absolute Gasteiger partial charge is 0.490 e. The Labute approximate surface area is 145 Å². The topological polar surface area (TPSA) is 99.5 Å². The first-order valence-corrected chi connectivity index (χ1v) is 9.25. The molecule has 3 rings (SSSR count). The van der Waals surface area contributed by atoms with Gasteiger partial charge >= 0.3 is 0 Å². The normalized spacial score (nSPS) is 14.0. The van der Waals surface area contributed by atoms with Gasteiger partial charge in [0.05, 0.1) is 24.6 Å². The van der Waals surface area contributed by atoms with Crippen LogP contribution in [0.1, 0.15) is 28.2 Å². The second-order valence-corrected chi connectivity index (χ2v) is 7.39. The minimum atomic E-state index is -4.03. The molecule has 25 heavy (non-hydrogen) atoms. The van der Waals surface area contributed by atoms with Gasteiger partial charge in [0.1, 0.15) is 4.90 Å². The number of carbonyl (C=O) groups is 1. The summed E-state index contributed by atoms with van der Waals surface area (Å²) in [5, 5.41) is 4.07. The SMILES string of the molecule is Cc1nn(C)c(C)c1S(=O)(=O)NC(=O)c1ccc2c(c1)OCCCO2. The Bertz CT molecular complexity index is 933. The Hall–Kier alpha value is -2.55. The zero-order chi connectivity index (χ0) is 18.2. The van der Waals surface area contributed by atoms with Gasteiger partial charge < -0.3 is 9.47 Å². The zero-order valence-electron chi connectivity index (χ0n) is 14.2. The van der Waals surface area contributed by atoms with Crippen LogP contribution in [0.4, 0.5) is 0 Å². The van der Waals surface area contributed by atoms with E-state index < -0.39 is 15.9 Å². The van der Waals surface area contributed by atoms with E-state index in [0.717, 1.165) is 6.42 Å². The van der Waals surface area contributed by atoms with Crippen molar-refractivity contribution in [3.8, 4) is 11.5 Å². The molecule has 0 saturated carbocycles. The first-order chi connectivity index (χ1) is 11.8. The summed E-state index contributed by atoms with van der Waals surface area (Å²) in [5.74, 6) is 0.227. The van der Waals surface area contributed by atoms with Crippen molar-refractivity contribution in [1.82, 2.24) is 14.5 Å². The Morgan fingerprint density at radius 1 is 1.20 bits per heavy atom. The van der Waals surface area contributed by atoms with Crippen LogP contribution in [-0.4, -0.2) is 37.3 Å². The Kier molecular flexibility index (Phi) is 4.42. The highest BCUT2D eigenvalue weighted by Gasteiger charge is 2.26. The van der Waals surface area contributed by atoms with Gasteiger partial charge in [-0.05, 0) is 32.0 Å². The number of aromatic nitrogens is 2. The average molecular weight is 365 g/mol. The molecule has 134 valence electrons. The van der Waals surface area contributed by atoms with Crippen molar-refractivity contribution in [1.29, 1.82) is 0 Å². The lowest BCUT2D eigenvalue weighted by molar-refractivity contribution is 0.0981. The van der Waals surface area contributed by atoms with Crippen LogP contribution < -0.4 is 14.2 Å². The highest BCUT2D eigenvalue weighted by Crippen LogP contribution is 2.30. The van der Waals surface area contributed by atoms with Gasteiger partial charge in [-0.15, -0.1) is 0 Å². The smallest absolute Gasteiger partial charge is 0.267 e. The molecule has 0 unspecified atom stereocenters. The molecular formula is C16H19N3O5S. The fraction of sp³-hybridized carbons (Fsp3) is 0.375. The molecule has 8 nitrogen and oxygen atoms in total. The quantitative estimate of drug-likeness (QED) is 0.881. The lowest BCUT2D eigenvalue weighted by Crippen LogP contribution is -2.31. The van der Waals surface area contributed by atoms with Gasteiger partial charge in [0, 0.05) is 19.0 Å². The molecule has 1 aromatic carbocycles. The molecule has 0 saturated heterocycles. The summed E-state index contributed by atoms with van der Waals surface area (Å²) < 4.78 is 39.7. The molecule has 0 bridgehead atoms. The highest BCUT2D eigenvalue weighted by atomic mass is 32.2. The summed E-state index contributed by atoms with van der Waals surface area (Å²) in [5.41, 5.74) is 0.961. The highest BCUT2D eigenvalue weighted by molar-refractivity contribution is 7.90. The molecule has 0 radical (unpaired) electrons. The molecule has 2 aromatic rings. The summed E-state index contributed by atoms with van der Waals surface area (Å²) in [6, 6.07) is 4.58. The number of ether oxygens (including phenoxy) is 2. The number of nitrogens with zero attached hydrogens (tertiary/aromatic N) is 2. The number of sulfonamides is 1. The number of fused-ring (bicyclic) bond motifs is 1. The van der Waals surface area contributed by atoms with E-state index in [9.17, 15) is 13.2 Å². The number of amides is 1. The van der Waals surface area contributed by atoms with Crippen molar-refractivity contribution in [3.63, 3.8) is 0 Å². The lowest BCUT2D eigenvalue weighted by atomic mass is 10.2. The number of hydrogen-bond donors (Lipinski definition) is 1. The molecule has 0 fully saturated rings. The fourth-order valence-corrected chi connectivity index (χ4v) is 4.09. The summed E-state index contributed by atoms with van der Waals surface area (Å²) in [6.45, 7) is 4.23. The molecule has 1 aliphatic rings. The summed E-state index contributed by atoms with van der Waals surface area (Å²) in [7, 11) is -2.39. The van der Waals surface area contributed by atoms with E-state index in [0.29, 0.717) is 36.1 Å². The van der Waals surface area contributed by atoms with Crippen LogP contribution in [0.5, 0.6) is 11.5 Å².